The predicted molar refractivity (Wildman–Crippen MR) is 143 cm³/mol. The average Bonchev–Trinajstić information content (AvgIpc) is 3.55. The summed E-state index contributed by atoms with van der Waals surface area (Å²) in [4.78, 5) is 24.0. The standard InChI is InChI=1S/C28H26F5N7O4/c1-14-20(6-16(8-34-14)22-37-24(44-38-22)15-4-18(5-15)43-28(31,32)33)36-23(41)19-9-35-40-3-2-17(7-21(19)40)39-12-26(13-39)10-27(42,11-26)25(29)30/h2-3,6-9,15,18,25,42H,4-5,10-13H2,1H3,(H,36,41). The Kier molecular flexibility index (Phi) is 6.44. The molecule has 1 spiro atoms. The quantitative estimate of drug-likeness (QED) is 0.282. The van der Waals surface area contributed by atoms with Gasteiger partial charge in [0.2, 0.25) is 11.7 Å². The van der Waals surface area contributed by atoms with Gasteiger partial charge in [-0.25, -0.2) is 13.3 Å². The minimum Gasteiger partial charge on any atom is -0.384 e. The Labute approximate surface area is 246 Å². The van der Waals surface area contributed by atoms with Crippen molar-refractivity contribution in [3.8, 4) is 11.4 Å². The number of alkyl halides is 5. The van der Waals surface area contributed by atoms with E-state index in [0.717, 1.165) is 5.69 Å². The van der Waals surface area contributed by atoms with Crippen molar-refractivity contribution < 1.29 is 41.1 Å². The second-order valence-electron chi connectivity index (χ2n) is 12.0. The zero-order valence-corrected chi connectivity index (χ0v) is 23.2. The van der Waals surface area contributed by atoms with Crippen LogP contribution in [0, 0.1) is 12.3 Å². The average molecular weight is 620 g/mol. The third-order valence-corrected chi connectivity index (χ3v) is 8.72. The normalized spacial score (nSPS) is 22.1. The number of nitrogens with zero attached hydrogens (tertiary/aromatic N) is 6. The number of carbonyl (C=O) groups excluding carboxylic acids is 1. The van der Waals surface area contributed by atoms with Crippen molar-refractivity contribution in [1.82, 2.24) is 24.7 Å². The van der Waals surface area contributed by atoms with Gasteiger partial charge in [0, 0.05) is 48.1 Å². The fourth-order valence-electron chi connectivity index (χ4n) is 6.45. The first-order chi connectivity index (χ1) is 20.8. The highest BCUT2D eigenvalue weighted by Crippen LogP contribution is 2.57. The van der Waals surface area contributed by atoms with Gasteiger partial charge in [0.15, 0.2) is 0 Å². The molecule has 5 heterocycles. The van der Waals surface area contributed by atoms with Crippen LogP contribution >= 0.6 is 0 Å². The Bertz CT molecular complexity index is 1740. The van der Waals surface area contributed by atoms with E-state index < -0.39 is 30.4 Å². The Hall–Kier alpha value is -4.18. The summed E-state index contributed by atoms with van der Waals surface area (Å²) in [5, 5.41) is 21.0. The summed E-state index contributed by atoms with van der Waals surface area (Å²) < 4.78 is 74.2. The fraction of sp³-hybridized carbons (Fsp3) is 0.464. The molecule has 7 rings (SSSR count). The molecule has 1 amide bonds. The monoisotopic (exact) mass is 619 g/mol. The summed E-state index contributed by atoms with van der Waals surface area (Å²) in [6, 6.07) is 5.26. The van der Waals surface area contributed by atoms with Crippen molar-refractivity contribution >= 4 is 22.8 Å². The number of amides is 1. The van der Waals surface area contributed by atoms with E-state index in [2.05, 4.69) is 30.3 Å². The molecular weight excluding hydrogens is 593 g/mol. The molecule has 0 bridgehead atoms. The van der Waals surface area contributed by atoms with Gasteiger partial charge >= 0.3 is 6.36 Å². The molecule has 232 valence electrons. The fourth-order valence-corrected chi connectivity index (χ4v) is 6.45. The maximum absolute atomic E-state index is 13.4. The van der Waals surface area contributed by atoms with Gasteiger partial charge in [-0.15, -0.1) is 13.2 Å². The molecule has 1 aliphatic heterocycles. The maximum Gasteiger partial charge on any atom is 0.522 e. The predicted octanol–water partition coefficient (Wildman–Crippen LogP) is 4.72. The maximum atomic E-state index is 13.4. The number of rotatable bonds is 7. The lowest BCUT2D eigenvalue weighted by Gasteiger charge is -2.62. The first-order valence-electron chi connectivity index (χ1n) is 13.9. The van der Waals surface area contributed by atoms with E-state index in [1.165, 1.54) is 12.4 Å². The Balaban J connectivity index is 1.03. The lowest BCUT2D eigenvalue weighted by molar-refractivity contribution is -0.352. The lowest BCUT2D eigenvalue weighted by Crippen LogP contribution is -2.70. The van der Waals surface area contributed by atoms with Crippen LogP contribution < -0.4 is 10.2 Å². The van der Waals surface area contributed by atoms with Crippen LogP contribution in [-0.2, 0) is 4.74 Å². The van der Waals surface area contributed by atoms with Crippen LogP contribution in [0.25, 0.3) is 16.9 Å². The molecule has 16 heteroatoms. The zero-order valence-electron chi connectivity index (χ0n) is 23.2. The number of halogens is 5. The highest BCUT2D eigenvalue weighted by molar-refractivity contribution is 6.09. The number of carbonyl (C=O) groups is 1. The minimum atomic E-state index is -4.70. The first kappa shape index (κ1) is 28.6. The van der Waals surface area contributed by atoms with Crippen LogP contribution in [0.1, 0.15) is 53.5 Å². The number of hydrogen-bond donors (Lipinski definition) is 2. The first-order valence-corrected chi connectivity index (χ1v) is 13.9. The molecule has 3 fully saturated rings. The lowest BCUT2D eigenvalue weighted by atomic mass is 9.55. The Morgan fingerprint density at radius 1 is 1.20 bits per heavy atom. The molecule has 3 aliphatic rings. The third-order valence-electron chi connectivity index (χ3n) is 8.72. The summed E-state index contributed by atoms with van der Waals surface area (Å²) in [5.41, 5.74) is 0.753. The number of aliphatic hydroxyl groups is 1. The zero-order chi connectivity index (χ0) is 31.0. The molecule has 11 nitrogen and oxygen atoms in total. The Morgan fingerprint density at radius 2 is 1.95 bits per heavy atom. The molecule has 1 saturated heterocycles. The van der Waals surface area contributed by atoms with Crippen molar-refractivity contribution in [2.75, 3.05) is 23.3 Å². The number of aromatic nitrogens is 5. The van der Waals surface area contributed by atoms with Gasteiger partial charge in [-0.1, -0.05) is 5.16 Å². The molecule has 2 N–H and O–H groups in total. The van der Waals surface area contributed by atoms with Gasteiger partial charge in [-0.05, 0) is 50.8 Å². The van der Waals surface area contributed by atoms with Crippen molar-refractivity contribution in [1.29, 1.82) is 0 Å². The van der Waals surface area contributed by atoms with Crippen LogP contribution in [0.15, 0.2) is 41.3 Å². The molecule has 44 heavy (non-hydrogen) atoms. The number of pyridine rings is 2. The number of anilines is 2. The van der Waals surface area contributed by atoms with Crippen LogP contribution in [-0.4, -0.2) is 73.3 Å². The summed E-state index contributed by atoms with van der Waals surface area (Å²) in [6.07, 6.45) is -3.42. The van der Waals surface area contributed by atoms with Crippen LogP contribution in [0.3, 0.4) is 0 Å². The molecule has 4 aromatic heterocycles. The summed E-state index contributed by atoms with van der Waals surface area (Å²) in [6.45, 7) is 2.78. The number of nitrogens with one attached hydrogen (secondary N) is 1. The van der Waals surface area contributed by atoms with Crippen LogP contribution in [0.5, 0.6) is 0 Å². The van der Waals surface area contributed by atoms with Gasteiger partial charge in [-0.2, -0.15) is 10.1 Å². The van der Waals surface area contributed by atoms with Crippen molar-refractivity contribution in [3.05, 3.63) is 53.9 Å². The molecule has 0 aromatic carbocycles. The summed E-state index contributed by atoms with van der Waals surface area (Å²) >= 11 is 0. The van der Waals surface area contributed by atoms with E-state index in [4.69, 9.17) is 4.52 Å². The molecule has 2 saturated carbocycles. The molecule has 4 aromatic rings. The van der Waals surface area contributed by atoms with E-state index in [-0.39, 0.29) is 48.7 Å². The van der Waals surface area contributed by atoms with Gasteiger partial charge < -0.3 is 19.8 Å². The van der Waals surface area contributed by atoms with Gasteiger partial charge in [0.25, 0.3) is 12.3 Å². The van der Waals surface area contributed by atoms with Crippen LogP contribution in [0.4, 0.5) is 33.3 Å². The molecular formula is C28H26F5N7O4. The van der Waals surface area contributed by atoms with Gasteiger partial charge in [0.05, 0.1) is 34.8 Å². The largest absolute Gasteiger partial charge is 0.522 e. The van der Waals surface area contributed by atoms with E-state index in [9.17, 15) is 31.9 Å². The molecule has 0 radical (unpaired) electrons. The second-order valence-corrected chi connectivity index (χ2v) is 12.0. The van der Waals surface area contributed by atoms with E-state index in [1.807, 2.05) is 11.0 Å². The highest BCUT2D eigenvalue weighted by atomic mass is 19.4. The highest BCUT2D eigenvalue weighted by Gasteiger charge is 2.63. The Morgan fingerprint density at radius 3 is 2.66 bits per heavy atom. The number of aryl methyl sites for hydroxylation is 1. The third kappa shape index (κ3) is 5.04. The topological polar surface area (TPSA) is 131 Å². The molecule has 0 atom stereocenters. The number of ether oxygens (including phenoxy) is 1. The van der Waals surface area contributed by atoms with Crippen molar-refractivity contribution in [2.45, 2.75) is 63.0 Å². The molecule has 2 aliphatic carbocycles. The van der Waals surface area contributed by atoms with Gasteiger partial charge in [-0.3, -0.25) is 14.5 Å². The van der Waals surface area contributed by atoms with Crippen molar-refractivity contribution in [3.63, 3.8) is 0 Å². The summed E-state index contributed by atoms with van der Waals surface area (Å²) in [5.74, 6) is -0.419. The number of hydrogen-bond acceptors (Lipinski definition) is 9. The van der Waals surface area contributed by atoms with Crippen LogP contribution in [0.2, 0.25) is 0 Å². The van der Waals surface area contributed by atoms with Gasteiger partial charge in [0.1, 0.15) is 5.60 Å². The van der Waals surface area contributed by atoms with E-state index in [1.54, 1.807) is 29.8 Å². The molecule has 0 unspecified atom stereocenters. The minimum absolute atomic E-state index is 0.0618. The van der Waals surface area contributed by atoms with Crippen molar-refractivity contribution in [2.24, 2.45) is 5.41 Å². The SMILES string of the molecule is Cc1ncc(-c2noc(C3CC(OC(F)(F)F)C3)n2)cc1NC(=O)c1cnn2ccc(N3CC4(C3)CC(O)(C(F)F)C4)cc12. The van der Waals surface area contributed by atoms with E-state index >= 15 is 0 Å². The van der Waals surface area contributed by atoms with E-state index in [0.29, 0.717) is 41.1 Å². The smallest absolute Gasteiger partial charge is 0.384 e. The second kappa shape index (κ2) is 9.92. The summed E-state index contributed by atoms with van der Waals surface area (Å²) in [7, 11) is 0. The number of fused-ring (bicyclic) bond motifs is 1.